The average molecular weight is 305 g/mol. The summed E-state index contributed by atoms with van der Waals surface area (Å²) in [7, 11) is 0. The van der Waals surface area contributed by atoms with Crippen molar-refractivity contribution < 1.29 is 8.78 Å². The summed E-state index contributed by atoms with van der Waals surface area (Å²) >= 11 is 3.07. The third kappa shape index (κ3) is 3.13. The number of hydrogen-bond donors (Lipinski definition) is 3. The molecule has 1 aromatic rings. The largest absolute Gasteiger partial charge is 0.322 e. The number of nitrogens with zero attached hydrogens (tertiary/aromatic N) is 1. The van der Waals surface area contributed by atoms with Gasteiger partial charge in [-0.25, -0.2) is 19.6 Å². The fourth-order valence-electron chi connectivity index (χ4n) is 1.27. The molecule has 1 aliphatic rings. The summed E-state index contributed by atoms with van der Waals surface area (Å²) in [6.45, 7) is 0. The quantitative estimate of drug-likeness (QED) is 0.339. The summed E-state index contributed by atoms with van der Waals surface area (Å²) in [4.78, 5) is 4.19. The highest BCUT2D eigenvalue weighted by molar-refractivity contribution is 9.10. The first kappa shape index (κ1) is 12.3. The van der Waals surface area contributed by atoms with Gasteiger partial charge in [-0.15, -0.1) is 0 Å². The van der Waals surface area contributed by atoms with Crippen LogP contribution < -0.4 is 16.6 Å². The Bertz CT molecular complexity index is 437. The van der Waals surface area contributed by atoms with Crippen molar-refractivity contribution in [1.29, 1.82) is 0 Å². The van der Waals surface area contributed by atoms with E-state index in [1.807, 2.05) is 0 Å². The number of benzene rings is 1. The van der Waals surface area contributed by atoms with Gasteiger partial charge in [-0.1, -0.05) is 0 Å². The van der Waals surface area contributed by atoms with Crippen molar-refractivity contribution in [2.24, 2.45) is 10.8 Å². The van der Waals surface area contributed by atoms with Crippen LogP contribution >= 0.6 is 15.9 Å². The summed E-state index contributed by atoms with van der Waals surface area (Å²) in [6.07, 6.45) is 2.00. The van der Waals surface area contributed by atoms with Crippen LogP contribution in [0.3, 0.4) is 0 Å². The van der Waals surface area contributed by atoms with Crippen LogP contribution in [0.4, 0.5) is 14.5 Å². The number of aliphatic imine (C=N–C) groups is 1. The van der Waals surface area contributed by atoms with Crippen molar-refractivity contribution in [3.05, 3.63) is 28.2 Å². The predicted octanol–water partition coefficient (Wildman–Crippen LogP) is 2.12. The predicted molar refractivity (Wildman–Crippen MR) is 65.5 cm³/mol. The van der Waals surface area contributed by atoms with Crippen molar-refractivity contribution >= 4 is 27.6 Å². The van der Waals surface area contributed by atoms with E-state index in [0.29, 0.717) is 0 Å². The molecular formula is C10H11BrF2N4. The van der Waals surface area contributed by atoms with Gasteiger partial charge in [-0.2, -0.15) is 0 Å². The topological polar surface area (TPSA) is 62.4 Å². The Hall–Kier alpha value is -1.21. The smallest absolute Gasteiger partial charge is 0.210 e. The average Bonchev–Trinajstić information content (AvgIpc) is 3.05. The van der Waals surface area contributed by atoms with Gasteiger partial charge >= 0.3 is 0 Å². The third-order valence-corrected chi connectivity index (χ3v) is 2.87. The maximum absolute atomic E-state index is 13.5. The molecule has 0 amide bonds. The second-order valence-electron chi connectivity index (χ2n) is 3.72. The summed E-state index contributed by atoms with van der Waals surface area (Å²) in [6, 6.07) is 2.19. The first-order chi connectivity index (χ1) is 8.10. The molecule has 0 aliphatic heterocycles. The lowest BCUT2D eigenvalue weighted by Gasteiger charge is -2.11. The molecule has 0 spiro atoms. The van der Waals surface area contributed by atoms with Crippen molar-refractivity contribution in [3.8, 4) is 0 Å². The van der Waals surface area contributed by atoms with Gasteiger partial charge < -0.3 is 5.32 Å². The molecule has 0 atom stereocenters. The highest BCUT2D eigenvalue weighted by Gasteiger charge is 2.21. The number of halogens is 3. The van der Waals surface area contributed by atoms with E-state index in [4.69, 9.17) is 5.84 Å². The molecule has 4 nitrogen and oxygen atoms in total. The zero-order chi connectivity index (χ0) is 12.4. The van der Waals surface area contributed by atoms with Crippen molar-refractivity contribution in [1.82, 2.24) is 5.43 Å². The Balaban J connectivity index is 2.22. The molecule has 0 radical (unpaired) electrons. The maximum atomic E-state index is 13.5. The van der Waals surface area contributed by atoms with Gasteiger partial charge in [-0.05, 0) is 34.8 Å². The number of anilines is 1. The number of rotatable bonds is 2. The lowest BCUT2D eigenvalue weighted by molar-refractivity contribution is 0.584. The lowest BCUT2D eigenvalue weighted by atomic mass is 10.3. The van der Waals surface area contributed by atoms with Crippen molar-refractivity contribution in [2.45, 2.75) is 18.9 Å². The summed E-state index contributed by atoms with van der Waals surface area (Å²) < 4.78 is 26.7. The normalized spacial score (nSPS) is 15.9. The van der Waals surface area contributed by atoms with Gasteiger partial charge in [0.1, 0.15) is 5.82 Å². The minimum Gasteiger partial charge on any atom is -0.322 e. The molecule has 1 aromatic carbocycles. The molecule has 92 valence electrons. The fourth-order valence-corrected chi connectivity index (χ4v) is 1.78. The van der Waals surface area contributed by atoms with E-state index in [9.17, 15) is 8.78 Å². The molecule has 0 saturated heterocycles. The molecule has 4 N–H and O–H groups in total. The monoisotopic (exact) mass is 304 g/mol. The molecule has 0 heterocycles. The highest BCUT2D eigenvalue weighted by Crippen LogP contribution is 2.27. The van der Waals surface area contributed by atoms with E-state index in [-0.39, 0.29) is 22.2 Å². The molecule has 2 rings (SSSR count). The molecular weight excluding hydrogens is 294 g/mol. The van der Waals surface area contributed by atoms with Crippen LogP contribution in [-0.4, -0.2) is 12.0 Å². The Kier molecular flexibility index (Phi) is 3.58. The van der Waals surface area contributed by atoms with Crippen LogP contribution in [0, 0.1) is 11.6 Å². The molecule has 0 unspecified atom stereocenters. The minimum absolute atomic E-state index is 0.101. The number of nitrogens with one attached hydrogen (secondary N) is 2. The molecule has 0 bridgehead atoms. The highest BCUT2D eigenvalue weighted by atomic mass is 79.9. The van der Waals surface area contributed by atoms with Crippen LogP contribution in [0.25, 0.3) is 0 Å². The van der Waals surface area contributed by atoms with Gasteiger partial charge in [0.25, 0.3) is 0 Å². The lowest BCUT2D eigenvalue weighted by Crippen LogP contribution is -2.36. The number of guanidine groups is 1. The van der Waals surface area contributed by atoms with Crippen LogP contribution in [0.2, 0.25) is 0 Å². The molecule has 7 heteroatoms. The van der Waals surface area contributed by atoms with E-state index in [2.05, 4.69) is 31.7 Å². The standard InChI is InChI=1S/C10H11BrF2N4/c11-7-3-5(12)4-8(13)9(7)16-10(17-14)15-6-1-2-6/h3-4,6H,1-2,14H2,(H2,15,16,17). The van der Waals surface area contributed by atoms with E-state index in [0.717, 1.165) is 25.0 Å². The van der Waals surface area contributed by atoms with Gasteiger partial charge in [0.2, 0.25) is 5.96 Å². The van der Waals surface area contributed by atoms with Gasteiger partial charge in [-0.3, -0.25) is 5.43 Å². The molecule has 0 aromatic heterocycles. The maximum Gasteiger partial charge on any atom is 0.210 e. The zero-order valence-corrected chi connectivity index (χ0v) is 10.4. The Morgan fingerprint density at radius 1 is 1.41 bits per heavy atom. The van der Waals surface area contributed by atoms with E-state index < -0.39 is 11.6 Å². The second-order valence-corrected chi connectivity index (χ2v) is 4.58. The van der Waals surface area contributed by atoms with E-state index in [1.54, 1.807) is 0 Å². The SMILES string of the molecule is NNC(=NC1CC1)Nc1c(F)cc(F)cc1Br. The summed E-state index contributed by atoms with van der Waals surface area (Å²) in [5.41, 5.74) is 2.45. The Morgan fingerprint density at radius 3 is 2.65 bits per heavy atom. The number of nitrogens with two attached hydrogens (primary N) is 1. The van der Waals surface area contributed by atoms with Gasteiger partial charge in [0.15, 0.2) is 5.82 Å². The fraction of sp³-hybridized carbons (Fsp3) is 0.300. The Labute approximate surface area is 105 Å². The minimum atomic E-state index is -0.712. The van der Waals surface area contributed by atoms with Crippen LogP contribution in [0.15, 0.2) is 21.6 Å². The second kappa shape index (κ2) is 4.97. The van der Waals surface area contributed by atoms with E-state index in [1.165, 1.54) is 0 Å². The summed E-state index contributed by atoms with van der Waals surface area (Å²) in [5, 5.41) is 2.69. The van der Waals surface area contributed by atoms with Crippen molar-refractivity contribution in [2.75, 3.05) is 5.32 Å². The van der Waals surface area contributed by atoms with Crippen LogP contribution in [0.5, 0.6) is 0 Å². The molecule has 1 saturated carbocycles. The van der Waals surface area contributed by atoms with Gasteiger partial charge in [0, 0.05) is 10.5 Å². The van der Waals surface area contributed by atoms with Crippen LogP contribution in [0.1, 0.15) is 12.8 Å². The number of hydrogen-bond acceptors (Lipinski definition) is 2. The number of hydrazine groups is 1. The zero-order valence-electron chi connectivity index (χ0n) is 8.80. The van der Waals surface area contributed by atoms with Gasteiger partial charge in [0.05, 0.1) is 11.7 Å². The van der Waals surface area contributed by atoms with Crippen LogP contribution in [-0.2, 0) is 0 Å². The molecule has 1 aliphatic carbocycles. The first-order valence-corrected chi connectivity index (χ1v) is 5.85. The first-order valence-electron chi connectivity index (χ1n) is 5.06. The summed E-state index contributed by atoms with van der Waals surface area (Å²) in [5.74, 6) is 4.17. The molecule has 17 heavy (non-hydrogen) atoms. The van der Waals surface area contributed by atoms with Crippen molar-refractivity contribution in [3.63, 3.8) is 0 Å². The van der Waals surface area contributed by atoms with E-state index >= 15 is 0 Å². The third-order valence-electron chi connectivity index (χ3n) is 2.25. The Morgan fingerprint density at radius 2 is 2.12 bits per heavy atom. The molecule has 1 fully saturated rings.